The molecule has 1 aromatic carbocycles. The summed E-state index contributed by atoms with van der Waals surface area (Å²) in [6, 6.07) is 8.38. The zero-order valence-corrected chi connectivity index (χ0v) is 15.0. The van der Waals surface area contributed by atoms with Gasteiger partial charge in [0.2, 0.25) is 0 Å². The van der Waals surface area contributed by atoms with Crippen LogP contribution < -0.4 is 5.14 Å². The lowest BCUT2D eigenvalue weighted by atomic mass is 10.00. The van der Waals surface area contributed by atoms with Crippen molar-refractivity contribution < 1.29 is 8.42 Å². The number of tetrazole rings is 1. The van der Waals surface area contributed by atoms with Crippen LogP contribution in [0.3, 0.4) is 0 Å². The molecule has 0 amide bonds. The molecule has 0 saturated carbocycles. The van der Waals surface area contributed by atoms with Crippen molar-refractivity contribution >= 4 is 10.9 Å². The number of nitrogens with two attached hydrogens (primary N) is 1. The predicted molar refractivity (Wildman–Crippen MR) is 95.8 cm³/mol. The number of nitrogens with zero attached hydrogens (tertiary/aromatic N) is 3. The predicted octanol–water partition coefficient (Wildman–Crippen LogP) is 2.63. The smallest absolute Gasteiger partial charge is 0.198 e. The number of hydrogen-bond donors (Lipinski definition) is 3. The van der Waals surface area contributed by atoms with E-state index in [4.69, 9.17) is 8.42 Å². The van der Waals surface area contributed by atoms with E-state index in [2.05, 4.69) is 50.9 Å². The second-order valence-corrected chi connectivity index (χ2v) is 6.13. The summed E-state index contributed by atoms with van der Waals surface area (Å²) in [5.41, 5.74) is 2.46. The minimum Gasteiger partial charge on any atom is -0.239 e. The van der Waals surface area contributed by atoms with Gasteiger partial charge in [0, 0.05) is 5.56 Å². The van der Waals surface area contributed by atoms with Crippen LogP contribution >= 0.6 is 0 Å². The third-order valence-electron chi connectivity index (χ3n) is 3.67. The molecule has 0 radical (unpaired) electrons. The standard InChI is InChI=1S/C16H24N4.H3NO2S/c1-2-3-4-5-6-7-8-11-14-12-9-10-13-15(14)16-17-19-20-18-16;1-4(2)3/h9-10,12-13H,2-8,11H2,1H3,(H,17,18,19,20);4H,(H2,1,2,3). The number of unbranched alkanes of at least 4 members (excludes halogenated alkanes) is 6. The van der Waals surface area contributed by atoms with E-state index in [1.807, 2.05) is 6.07 Å². The summed E-state index contributed by atoms with van der Waals surface area (Å²) in [7, 11) is -2.62. The topological polar surface area (TPSA) is 115 Å². The van der Waals surface area contributed by atoms with Crippen molar-refractivity contribution in [2.24, 2.45) is 5.14 Å². The molecule has 24 heavy (non-hydrogen) atoms. The lowest BCUT2D eigenvalue weighted by molar-refractivity contribution is 0.589. The van der Waals surface area contributed by atoms with Crippen LogP contribution in [0.5, 0.6) is 0 Å². The van der Waals surface area contributed by atoms with Crippen LogP contribution in [0, 0.1) is 0 Å². The lowest BCUT2D eigenvalue weighted by Gasteiger charge is -2.06. The SMILES string of the molecule is CCCCCCCCCc1ccccc1-c1nnn[nH]1.N[SH](=O)=O. The second-order valence-electron chi connectivity index (χ2n) is 5.56. The highest BCUT2D eigenvalue weighted by molar-refractivity contribution is 7.69. The molecular weight excluding hydrogens is 326 g/mol. The first-order valence-electron chi connectivity index (χ1n) is 8.36. The highest BCUT2D eigenvalue weighted by Crippen LogP contribution is 2.21. The van der Waals surface area contributed by atoms with Crippen LogP contribution in [0.4, 0.5) is 0 Å². The summed E-state index contributed by atoms with van der Waals surface area (Å²) < 4.78 is 17.6. The molecule has 0 aliphatic rings. The third-order valence-corrected chi connectivity index (χ3v) is 3.67. The molecule has 3 N–H and O–H groups in total. The van der Waals surface area contributed by atoms with E-state index in [-0.39, 0.29) is 0 Å². The van der Waals surface area contributed by atoms with Crippen molar-refractivity contribution in [1.29, 1.82) is 0 Å². The first-order valence-corrected chi connectivity index (χ1v) is 9.61. The number of nitrogens with one attached hydrogen (secondary N) is 1. The fourth-order valence-corrected chi connectivity index (χ4v) is 2.52. The van der Waals surface area contributed by atoms with Gasteiger partial charge in [0.25, 0.3) is 0 Å². The maximum atomic E-state index is 8.81. The Labute approximate surface area is 145 Å². The number of aryl methyl sites for hydroxylation is 1. The highest BCUT2D eigenvalue weighted by Gasteiger charge is 2.07. The van der Waals surface area contributed by atoms with Crippen LogP contribution in [-0.4, -0.2) is 29.0 Å². The summed E-state index contributed by atoms with van der Waals surface area (Å²) in [5.74, 6) is 0.767. The van der Waals surface area contributed by atoms with Gasteiger partial charge in [-0.3, -0.25) is 0 Å². The zero-order valence-electron chi connectivity index (χ0n) is 14.1. The van der Waals surface area contributed by atoms with E-state index in [0.717, 1.165) is 17.8 Å². The Balaban J connectivity index is 0.000000648. The van der Waals surface area contributed by atoms with Gasteiger partial charge in [-0.25, -0.2) is 18.7 Å². The number of aromatic nitrogens is 4. The van der Waals surface area contributed by atoms with Crippen molar-refractivity contribution in [3.63, 3.8) is 0 Å². The molecule has 1 aromatic heterocycles. The van der Waals surface area contributed by atoms with Gasteiger partial charge in [-0.1, -0.05) is 69.7 Å². The van der Waals surface area contributed by atoms with Crippen LogP contribution in [0.25, 0.3) is 11.4 Å². The number of thiol groups is 1. The van der Waals surface area contributed by atoms with Gasteiger partial charge in [0.1, 0.15) is 0 Å². The molecule has 8 heteroatoms. The Morgan fingerprint density at radius 2 is 1.67 bits per heavy atom. The summed E-state index contributed by atoms with van der Waals surface area (Å²) in [6.07, 6.45) is 10.5. The molecule has 0 aliphatic carbocycles. The number of aromatic amines is 1. The van der Waals surface area contributed by atoms with Crippen molar-refractivity contribution in [3.8, 4) is 11.4 Å². The fraction of sp³-hybridized carbons (Fsp3) is 0.562. The summed E-state index contributed by atoms with van der Waals surface area (Å²) in [4.78, 5) is 0. The van der Waals surface area contributed by atoms with Gasteiger partial charge in [-0.2, -0.15) is 0 Å². The van der Waals surface area contributed by atoms with Gasteiger partial charge in [-0.15, -0.1) is 5.10 Å². The van der Waals surface area contributed by atoms with E-state index < -0.39 is 10.9 Å². The van der Waals surface area contributed by atoms with Crippen LogP contribution in [0.1, 0.15) is 57.4 Å². The minimum atomic E-state index is -2.62. The van der Waals surface area contributed by atoms with E-state index in [1.165, 1.54) is 50.5 Å². The number of rotatable bonds is 9. The van der Waals surface area contributed by atoms with Crippen molar-refractivity contribution in [1.82, 2.24) is 20.6 Å². The van der Waals surface area contributed by atoms with Crippen molar-refractivity contribution in [2.75, 3.05) is 0 Å². The summed E-state index contributed by atoms with van der Waals surface area (Å²) in [5, 5.41) is 18.2. The van der Waals surface area contributed by atoms with Crippen LogP contribution in [-0.2, 0) is 17.3 Å². The fourth-order valence-electron chi connectivity index (χ4n) is 2.52. The Hall–Kier alpha value is -1.80. The molecule has 2 rings (SSSR count). The largest absolute Gasteiger partial charge is 0.239 e. The first-order chi connectivity index (χ1) is 11.6. The van der Waals surface area contributed by atoms with E-state index in [9.17, 15) is 0 Å². The molecule has 0 unspecified atom stereocenters. The Morgan fingerprint density at radius 1 is 1.04 bits per heavy atom. The van der Waals surface area contributed by atoms with Gasteiger partial charge in [0.05, 0.1) is 0 Å². The Kier molecular flexibility index (Phi) is 10.6. The van der Waals surface area contributed by atoms with Gasteiger partial charge < -0.3 is 0 Å². The molecule has 0 spiro atoms. The summed E-state index contributed by atoms with van der Waals surface area (Å²) >= 11 is 0. The Morgan fingerprint density at radius 3 is 2.29 bits per heavy atom. The first kappa shape index (κ1) is 20.2. The molecule has 134 valence electrons. The third kappa shape index (κ3) is 8.73. The lowest BCUT2D eigenvalue weighted by Crippen LogP contribution is -1.92. The maximum absolute atomic E-state index is 8.81. The number of hydrogen-bond acceptors (Lipinski definition) is 5. The molecule has 0 atom stereocenters. The summed E-state index contributed by atoms with van der Waals surface area (Å²) in [6.45, 7) is 2.26. The van der Waals surface area contributed by atoms with Gasteiger partial charge >= 0.3 is 0 Å². The van der Waals surface area contributed by atoms with Crippen molar-refractivity contribution in [2.45, 2.75) is 58.3 Å². The molecule has 7 nitrogen and oxygen atoms in total. The molecule has 0 fully saturated rings. The number of H-pyrrole nitrogens is 1. The van der Waals surface area contributed by atoms with E-state index in [1.54, 1.807) is 0 Å². The molecular formula is C16H27N5O2S. The molecule has 2 aromatic rings. The minimum absolute atomic E-state index is 0.767. The monoisotopic (exact) mass is 353 g/mol. The van der Waals surface area contributed by atoms with Gasteiger partial charge in [-0.05, 0) is 28.8 Å². The van der Waals surface area contributed by atoms with E-state index >= 15 is 0 Å². The van der Waals surface area contributed by atoms with Crippen LogP contribution in [0.2, 0.25) is 0 Å². The average molecular weight is 353 g/mol. The van der Waals surface area contributed by atoms with Crippen molar-refractivity contribution in [3.05, 3.63) is 29.8 Å². The average Bonchev–Trinajstić information content (AvgIpc) is 3.08. The zero-order chi connectivity index (χ0) is 17.6. The maximum Gasteiger partial charge on any atom is 0.198 e. The molecule has 0 saturated heterocycles. The highest BCUT2D eigenvalue weighted by atomic mass is 32.2. The van der Waals surface area contributed by atoms with E-state index in [0.29, 0.717) is 0 Å². The Bertz CT molecular complexity index is 621. The molecule has 0 aliphatic heterocycles. The van der Waals surface area contributed by atoms with Gasteiger partial charge in [0.15, 0.2) is 16.7 Å². The quantitative estimate of drug-likeness (QED) is 0.473. The van der Waals surface area contributed by atoms with Crippen LogP contribution in [0.15, 0.2) is 24.3 Å². The number of benzene rings is 1. The normalized spacial score (nSPS) is 10.5. The molecule has 0 bridgehead atoms. The molecule has 1 heterocycles. The second kappa shape index (κ2) is 12.6.